The van der Waals surface area contributed by atoms with Crippen LogP contribution in [0.4, 0.5) is 0 Å². The molecule has 0 unspecified atom stereocenters. The van der Waals surface area contributed by atoms with Gasteiger partial charge in [-0.25, -0.2) is 0 Å². The van der Waals surface area contributed by atoms with Gasteiger partial charge in [0.25, 0.3) is 5.91 Å². The molecule has 0 aliphatic carbocycles. The number of rotatable bonds is 3. The lowest BCUT2D eigenvalue weighted by Gasteiger charge is -2.10. The molecule has 0 heterocycles. The third-order valence-electron chi connectivity index (χ3n) is 2.24. The highest BCUT2D eigenvalue weighted by atomic mass is 35.5. The molecule has 0 aliphatic rings. The van der Waals surface area contributed by atoms with Gasteiger partial charge in [-0.05, 0) is 30.5 Å². The Kier molecular flexibility index (Phi) is 3.53. The molecule has 76 valence electrons. The van der Waals surface area contributed by atoms with Gasteiger partial charge in [0, 0.05) is 0 Å². The molecule has 0 saturated heterocycles. The Bertz CT molecular complexity index is 361. The summed E-state index contributed by atoms with van der Waals surface area (Å²) in [7, 11) is 0. The number of carbonyl (C=O) groups excluding carboxylic acids is 1. The highest BCUT2D eigenvalue weighted by Gasteiger charge is 2.13. The van der Waals surface area contributed by atoms with E-state index in [4.69, 9.17) is 17.3 Å². The van der Waals surface area contributed by atoms with E-state index in [1.165, 1.54) is 0 Å². The van der Waals surface area contributed by atoms with Gasteiger partial charge < -0.3 is 5.73 Å². The van der Waals surface area contributed by atoms with E-state index in [0.29, 0.717) is 10.6 Å². The molecule has 0 bridgehead atoms. The summed E-state index contributed by atoms with van der Waals surface area (Å²) in [5.74, 6) is -0.442. The number of hydrogen-bond donors (Lipinski definition) is 1. The molecule has 0 fully saturated rings. The van der Waals surface area contributed by atoms with Crippen LogP contribution in [-0.2, 0) is 6.42 Å². The Balaban J connectivity index is 3.33. The molecular weight excluding hydrogens is 198 g/mol. The van der Waals surface area contributed by atoms with Crippen molar-refractivity contribution in [1.82, 2.24) is 0 Å². The van der Waals surface area contributed by atoms with Crippen LogP contribution in [0, 0.1) is 6.92 Å². The van der Waals surface area contributed by atoms with Crippen LogP contribution in [0.15, 0.2) is 12.1 Å². The Hall–Kier alpha value is -1.02. The first-order chi connectivity index (χ1) is 6.57. The lowest BCUT2D eigenvalue weighted by Crippen LogP contribution is -2.15. The summed E-state index contributed by atoms with van der Waals surface area (Å²) in [4.78, 5) is 11.2. The lowest BCUT2D eigenvalue weighted by molar-refractivity contribution is 0.0999. The maximum Gasteiger partial charge on any atom is 0.250 e. The van der Waals surface area contributed by atoms with E-state index in [1.807, 2.05) is 13.0 Å². The fourth-order valence-electron chi connectivity index (χ4n) is 1.56. The number of amides is 1. The first kappa shape index (κ1) is 11.1. The zero-order valence-corrected chi connectivity index (χ0v) is 9.19. The molecule has 1 aromatic rings. The van der Waals surface area contributed by atoms with Gasteiger partial charge in [-0.3, -0.25) is 4.79 Å². The Morgan fingerprint density at radius 2 is 2.14 bits per heavy atom. The van der Waals surface area contributed by atoms with Crippen molar-refractivity contribution in [3.8, 4) is 0 Å². The van der Waals surface area contributed by atoms with E-state index in [1.54, 1.807) is 6.07 Å². The van der Waals surface area contributed by atoms with E-state index in [0.717, 1.165) is 24.0 Å². The van der Waals surface area contributed by atoms with Gasteiger partial charge in [0.15, 0.2) is 0 Å². The largest absolute Gasteiger partial charge is 0.366 e. The molecule has 3 heteroatoms. The van der Waals surface area contributed by atoms with Crippen molar-refractivity contribution < 1.29 is 4.79 Å². The van der Waals surface area contributed by atoms with Crippen molar-refractivity contribution in [2.24, 2.45) is 5.73 Å². The van der Waals surface area contributed by atoms with Gasteiger partial charge >= 0.3 is 0 Å². The third-order valence-corrected chi connectivity index (χ3v) is 2.56. The molecular formula is C11H14ClNO. The maximum atomic E-state index is 11.2. The molecule has 0 atom stereocenters. The molecule has 1 rings (SSSR count). The minimum absolute atomic E-state index is 0.442. The zero-order valence-electron chi connectivity index (χ0n) is 8.43. The molecule has 1 aromatic carbocycles. The van der Waals surface area contributed by atoms with Crippen LogP contribution in [0.3, 0.4) is 0 Å². The van der Waals surface area contributed by atoms with Crippen molar-refractivity contribution in [3.63, 3.8) is 0 Å². The number of benzene rings is 1. The minimum Gasteiger partial charge on any atom is -0.366 e. The van der Waals surface area contributed by atoms with Gasteiger partial charge in [0.1, 0.15) is 0 Å². The van der Waals surface area contributed by atoms with E-state index in [9.17, 15) is 4.79 Å². The number of carbonyl (C=O) groups is 1. The quantitative estimate of drug-likeness (QED) is 0.821. The Labute approximate surface area is 89.1 Å². The lowest BCUT2D eigenvalue weighted by atomic mass is 9.97. The highest BCUT2D eigenvalue weighted by molar-refractivity contribution is 6.34. The first-order valence-corrected chi connectivity index (χ1v) is 5.03. The number of halogens is 1. The monoisotopic (exact) mass is 211 g/mol. The topological polar surface area (TPSA) is 43.1 Å². The molecule has 2 nitrogen and oxygen atoms in total. The van der Waals surface area contributed by atoms with E-state index >= 15 is 0 Å². The smallest absolute Gasteiger partial charge is 0.250 e. The van der Waals surface area contributed by atoms with Crippen molar-refractivity contribution in [1.29, 1.82) is 0 Å². The molecule has 2 N–H and O–H groups in total. The SMILES string of the molecule is CCCc1c(C)ccc(Cl)c1C(N)=O. The fraction of sp³-hybridized carbons (Fsp3) is 0.364. The summed E-state index contributed by atoms with van der Waals surface area (Å²) in [5, 5.41) is 0.451. The van der Waals surface area contributed by atoms with Crippen molar-refractivity contribution >= 4 is 17.5 Å². The van der Waals surface area contributed by atoms with E-state index in [-0.39, 0.29) is 0 Å². The predicted octanol–water partition coefficient (Wildman–Crippen LogP) is 2.70. The highest BCUT2D eigenvalue weighted by Crippen LogP contribution is 2.24. The number of primary amides is 1. The van der Waals surface area contributed by atoms with E-state index < -0.39 is 5.91 Å². The average molecular weight is 212 g/mol. The molecule has 0 radical (unpaired) electrons. The number of aryl methyl sites for hydroxylation is 1. The average Bonchev–Trinajstić information content (AvgIpc) is 2.11. The van der Waals surface area contributed by atoms with Gasteiger partial charge in [0.2, 0.25) is 0 Å². The van der Waals surface area contributed by atoms with Crippen molar-refractivity contribution in [3.05, 3.63) is 33.8 Å². The van der Waals surface area contributed by atoms with Crippen LogP contribution >= 0.6 is 11.6 Å². The molecule has 14 heavy (non-hydrogen) atoms. The van der Waals surface area contributed by atoms with Gasteiger partial charge in [0.05, 0.1) is 10.6 Å². The summed E-state index contributed by atoms with van der Waals surface area (Å²) in [5.41, 5.74) is 7.82. The van der Waals surface area contributed by atoms with Crippen LogP contribution in [0.5, 0.6) is 0 Å². The maximum absolute atomic E-state index is 11.2. The standard InChI is InChI=1S/C11H14ClNO/c1-3-4-8-7(2)5-6-9(12)10(8)11(13)14/h5-6H,3-4H2,1-2H3,(H2,13,14). The second-order valence-electron chi connectivity index (χ2n) is 3.33. The fourth-order valence-corrected chi connectivity index (χ4v) is 1.83. The third kappa shape index (κ3) is 2.07. The van der Waals surface area contributed by atoms with Crippen LogP contribution in [-0.4, -0.2) is 5.91 Å². The number of hydrogen-bond acceptors (Lipinski definition) is 1. The van der Waals surface area contributed by atoms with Crippen LogP contribution in [0.1, 0.15) is 34.8 Å². The van der Waals surface area contributed by atoms with Gasteiger partial charge in [-0.2, -0.15) is 0 Å². The van der Waals surface area contributed by atoms with Gasteiger partial charge in [-0.1, -0.05) is 31.0 Å². The predicted molar refractivity (Wildman–Crippen MR) is 58.7 cm³/mol. The number of nitrogens with two attached hydrogens (primary N) is 1. The van der Waals surface area contributed by atoms with Gasteiger partial charge in [-0.15, -0.1) is 0 Å². The molecule has 0 aromatic heterocycles. The second-order valence-corrected chi connectivity index (χ2v) is 3.74. The summed E-state index contributed by atoms with van der Waals surface area (Å²) in [6, 6.07) is 3.63. The first-order valence-electron chi connectivity index (χ1n) is 4.65. The van der Waals surface area contributed by atoms with Crippen LogP contribution in [0.25, 0.3) is 0 Å². The van der Waals surface area contributed by atoms with Crippen molar-refractivity contribution in [2.45, 2.75) is 26.7 Å². The molecule has 1 amide bonds. The summed E-state index contributed by atoms with van der Waals surface area (Å²) >= 11 is 5.93. The Morgan fingerprint density at radius 3 is 2.64 bits per heavy atom. The van der Waals surface area contributed by atoms with Crippen LogP contribution < -0.4 is 5.73 Å². The summed E-state index contributed by atoms with van der Waals surface area (Å²) in [6.45, 7) is 4.03. The minimum atomic E-state index is -0.442. The van der Waals surface area contributed by atoms with E-state index in [2.05, 4.69) is 6.92 Å². The molecule has 0 spiro atoms. The Morgan fingerprint density at radius 1 is 1.50 bits per heavy atom. The zero-order chi connectivity index (χ0) is 10.7. The summed E-state index contributed by atoms with van der Waals surface area (Å²) < 4.78 is 0. The van der Waals surface area contributed by atoms with Crippen LogP contribution in [0.2, 0.25) is 5.02 Å². The molecule has 0 saturated carbocycles. The summed E-state index contributed by atoms with van der Waals surface area (Å²) in [6.07, 6.45) is 1.81. The normalized spacial score (nSPS) is 10.2. The second kappa shape index (κ2) is 4.47. The van der Waals surface area contributed by atoms with Crippen molar-refractivity contribution in [2.75, 3.05) is 0 Å². The molecule has 0 aliphatic heterocycles.